The van der Waals surface area contributed by atoms with Crippen molar-refractivity contribution in [2.45, 2.75) is 37.6 Å². The molecule has 3 aliphatic rings. The normalized spacial score (nSPS) is 31.2. The van der Waals surface area contributed by atoms with E-state index in [2.05, 4.69) is 18.0 Å². The van der Waals surface area contributed by atoms with Gasteiger partial charge in [-0.25, -0.2) is 9.18 Å². The first-order valence-corrected chi connectivity index (χ1v) is 9.67. The minimum Gasteiger partial charge on any atom is -0.459 e. The highest BCUT2D eigenvalue weighted by atomic mass is 19.1. The molecule has 2 aromatic rings. The SMILES string of the molecule is CN1C2COCC23CC(OC(=O)c2cn(CCF)c4ccc(C#N)cc24)CC13. The molecule has 1 aromatic carbocycles. The third kappa shape index (κ3) is 2.34. The maximum Gasteiger partial charge on any atom is 0.340 e. The fourth-order valence-electron chi connectivity index (χ4n) is 5.60. The third-order valence-electron chi connectivity index (χ3n) is 6.88. The lowest BCUT2D eigenvalue weighted by Gasteiger charge is -2.55. The van der Waals surface area contributed by atoms with Crippen molar-refractivity contribution in [1.82, 2.24) is 9.47 Å². The first-order chi connectivity index (χ1) is 13.6. The number of halogens is 1. The van der Waals surface area contributed by atoms with Crippen molar-refractivity contribution < 1.29 is 18.7 Å². The summed E-state index contributed by atoms with van der Waals surface area (Å²) in [6, 6.07) is 8.02. The molecule has 1 aromatic heterocycles. The Morgan fingerprint density at radius 3 is 3.11 bits per heavy atom. The number of nitriles is 1. The van der Waals surface area contributed by atoms with E-state index in [-0.39, 0.29) is 18.1 Å². The molecule has 146 valence electrons. The van der Waals surface area contributed by atoms with Gasteiger partial charge in [0, 0.05) is 41.0 Å². The Balaban J connectivity index is 1.41. The number of hydrogen-bond donors (Lipinski definition) is 0. The van der Waals surface area contributed by atoms with Gasteiger partial charge in [-0.1, -0.05) is 0 Å². The van der Waals surface area contributed by atoms with E-state index in [0.29, 0.717) is 28.6 Å². The zero-order chi connectivity index (χ0) is 19.5. The fourth-order valence-corrected chi connectivity index (χ4v) is 5.60. The van der Waals surface area contributed by atoms with Gasteiger partial charge in [0.15, 0.2) is 0 Å². The van der Waals surface area contributed by atoms with E-state index >= 15 is 0 Å². The number of benzene rings is 1. The molecule has 7 heteroatoms. The number of aromatic nitrogens is 1. The van der Waals surface area contributed by atoms with Crippen molar-refractivity contribution in [2.75, 3.05) is 26.9 Å². The summed E-state index contributed by atoms with van der Waals surface area (Å²) in [6.07, 6.45) is 3.13. The molecule has 3 heterocycles. The predicted molar refractivity (Wildman–Crippen MR) is 99.7 cm³/mol. The maximum absolute atomic E-state index is 13.0. The zero-order valence-electron chi connectivity index (χ0n) is 15.7. The van der Waals surface area contributed by atoms with E-state index < -0.39 is 12.6 Å². The summed E-state index contributed by atoms with van der Waals surface area (Å²) < 4.78 is 26.2. The molecule has 0 radical (unpaired) electrons. The number of ether oxygens (including phenoxy) is 2. The van der Waals surface area contributed by atoms with E-state index in [1.54, 1.807) is 29.0 Å². The smallest absolute Gasteiger partial charge is 0.340 e. The van der Waals surface area contributed by atoms with E-state index in [4.69, 9.17) is 9.47 Å². The first kappa shape index (κ1) is 17.7. The van der Waals surface area contributed by atoms with Crippen LogP contribution in [0, 0.1) is 16.7 Å². The molecular weight excluding hydrogens is 361 g/mol. The highest BCUT2D eigenvalue weighted by Crippen LogP contribution is 2.57. The van der Waals surface area contributed by atoms with Gasteiger partial charge < -0.3 is 14.0 Å². The van der Waals surface area contributed by atoms with Gasteiger partial charge in [-0.15, -0.1) is 0 Å². The van der Waals surface area contributed by atoms with Crippen LogP contribution in [0.2, 0.25) is 0 Å². The van der Waals surface area contributed by atoms with Gasteiger partial charge in [0.1, 0.15) is 12.8 Å². The minimum absolute atomic E-state index is 0.121. The Morgan fingerprint density at radius 2 is 2.32 bits per heavy atom. The molecule has 5 rings (SSSR count). The molecule has 6 nitrogen and oxygen atoms in total. The van der Waals surface area contributed by atoms with Gasteiger partial charge in [-0.3, -0.25) is 4.90 Å². The number of hydrogen-bond acceptors (Lipinski definition) is 5. The van der Waals surface area contributed by atoms with E-state index in [9.17, 15) is 14.4 Å². The molecule has 1 spiro atoms. The van der Waals surface area contributed by atoms with Crippen LogP contribution in [0.4, 0.5) is 4.39 Å². The quantitative estimate of drug-likeness (QED) is 0.759. The lowest BCUT2D eigenvalue weighted by molar-refractivity contribution is -0.0683. The summed E-state index contributed by atoms with van der Waals surface area (Å²) in [5.74, 6) is -0.404. The molecule has 1 aliphatic carbocycles. The number of likely N-dealkylation sites (tertiary alicyclic amines) is 1. The topological polar surface area (TPSA) is 67.5 Å². The lowest BCUT2D eigenvalue weighted by Crippen LogP contribution is -2.67. The molecular formula is C21H22FN3O3. The number of alkyl halides is 1. The fraction of sp³-hybridized carbons (Fsp3) is 0.524. The molecule has 2 saturated heterocycles. The standard InChI is InChI=1S/C21H22FN3O3/c1-24-18-7-14(8-21(18)12-27-11-19(21)24)28-20(26)16-10-25(5-4-22)17-3-2-13(9-23)6-15(16)17/h2-3,6,10,14,18-19H,4-5,7-8,11-12H2,1H3. The average Bonchev–Trinajstić information content (AvgIpc) is 3.35. The van der Waals surface area contributed by atoms with Crippen molar-refractivity contribution in [1.29, 1.82) is 5.26 Å². The molecule has 0 N–H and O–H groups in total. The van der Waals surface area contributed by atoms with Gasteiger partial charge in [-0.05, 0) is 31.7 Å². The molecule has 3 fully saturated rings. The van der Waals surface area contributed by atoms with Gasteiger partial charge >= 0.3 is 5.97 Å². The van der Waals surface area contributed by atoms with E-state index in [1.165, 1.54) is 0 Å². The number of carbonyl (C=O) groups excluding carboxylic acids is 1. The highest BCUT2D eigenvalue weighted by molar-refractivity contribution is 6.04. The van der Waals surface area contributed by atoms with Crippen molar-refractivity contribution in [3.05, 3.63) is 35.5 Å². The van der Waals surface area contributed by atoms with E-state index in [1.807, 2.05) is 0 Å². The molecule has 1 saturated carbocycles. The third-order valence-corrected chi connectivity index (χ3v) is 6.88. The number of fused-ring (bicyclic) bond motifs is 1. The number of rotatable bonds is 4. The lowest BCUT2D eigenvalue weighted by atomic mass is 9.69. The molecule has 0 amide bonds. The van der Waals surface area contributed by atoms with Crippen LogP contribution < -0.4 is 0 Å². The average molecular weight is 383 g/mol. The Hall–Kier alpha value is -2.43. The molecule has 4 unspecified atom stereocenters. The van der Waals surface area contributed by atoms with E-state index in [0.717, 1.165) is 31.6 Å². The van der Waals surface area contributed by atoms with Gasteiger partial charge in [0.05, 0.1) is 37.0 Å². The van der Waals surface area contributed by atoms with Crippen LogP contribution >= 0.6 is 0 Å². The van der Waals surface area contributed by atoms with Gasteiger partial charge in [0.25, 0.3) is 0 Å². The second-order valence-electron chi connectivity index (χ2n) is 8.18. The molecule has 2 aliphatic heterocycles. The number of nitrogens with zero attached hydrogens (tertiary/aromatic N) is 3. The van der Waals surface area contributed by atoms with Crippen LogP contribution in [-0.2, 0) is 16.0 Å². The molecule has 4 atom stereocenters. The monoisotopic (exact) mass is 383 g/mol. The van der Waals surface area contributed by atoms with Crippen LogP contribution in [0.1, 0.15) is 28.8 Å². The van der Waals surface area contributed by atoms with Gasteiger partial charge in [0.2, 0.25) is 0 Å². The second kappa shape index (κ2) is 6.29. The molecule has 28 heavy (non-hydrogen) atoms. The number of aryl methyl sites for hydroxylation is 1. The Kier molecular flexibility index (Phi) is 3.97. The van der Waals surface area contributed by atoms with Crippen molar-refractivity contribution in [2.24, 2.45) is 5.41 Å². The Morgan fingerprint density at radius 1 is 1.46 bits per heavy atom. The van der Waals surface area contributed by atoms with Crippen molar-refractivity contribution in [3.63, 3.8) is 0 Å². The molecule has 0 bridgehead atoms. The Labute approximate surface area is 162 Å². The van der Waals surface area contributed by atoms with Crippen LogP contribution in [0.3, 0.4) is 0 Å². The summed E-state index contributed by atoms with van der Waals surface area (Å²) in [5.41, 5.74) is 1.71. The maximum atomic E-state index is 13.0. The van der Waals surface area contributed by atoms with Crippen molar-refractivity contribution in [3.8, 4) is 6.07 Å². The largest absolute Gasteiger partial charge is 0.459 e. The second-order valence-corrected chi connectivity index (χ2v) is 8.18. The van der Waals surface area contributed by atoms with Crippen LogP contribution in [0.5, 0.6) is 0 Å². The Bertz CT molecular complexity index is 997. The van der Waals surface area contributed by atoms with Crippen LogP contribution in [0.15, 0.2) is 24.4 Å². The summed E-state index contributed by atoms with van der Waals surface area (Å²) in [6.45, 7) is 1.12. The van der Waals surface area contributed by atoms with Gasteiger partial charge in [-0.2, -0.15) is 5.26 Å². The first-order valence-electron chi connectivity index (χ1n) is 9.67. The highest BCUT2D eigenvalue weighted by Gasteiger charge is 2.66. The van der Waals surface area contributed by atoms with Crippen LogP contribution in [-0.4, -0.2) is 60.6 Å². The summed E-state index contributed by atoms with van der Waals surface area (Å²) in [7, 11) is 2.11. The zero-order valence-corrected chi connectivity index (χ0v) is 15.7. The number of likely N-dealkylation sites (N-methyl/N-ethyl adjacent to an activating group) is 1. The van der Waals surface area contributed by atoms with Crippen molar-refractivity contribution >= 4 is 16.9 Å². The summed E-state index contributed by atoms with van der Waals surface area (Å²) in [5, 5.41) is 9.83. The number of carbonyl (C=O) groups is 1. The van der Waals surface area contributed by atoms with Crippen LogP contribution in [0.25, 0.3) is 10.9 Å². The summed E-state index contributed by atoms with van der Waals surface area (Å²) >= 11 is 0. The summed E-state index contributed by atoms with van der Waals surface area (Å²) in [4.78, 5) is 15.3. The number of esters is 1. The minimum atomic E-state index is -0.529. The predicted octanol–water partition coefficient (Wildman–Crippen LogP) is 2.50.